The molecule has 0 aromatic carbocycles. The number of Topliss-reactive ketones (excluding diaryl/α,β-unsaturated/α-hetero) is 1. The van der Waals surface area contributed by atoms with Gasteiger partial charge in [-0.15, -0.1) is 11.3 Å². The lowest BCUT2D eigenvalue weighted by molar-refractivity contribution is -0.132. The van der Waals surface area contributed by atoms with E-state index in [1.54, 1.807) is 11.3 Å². The summed E-state index contributed by atoms with van der Waals surface area (Å²) in [5.41, 5.74) is -0.242. The SMILES string of the molecule is CC1CCCC(C(=O)Cc2cc(Br)cs2)(N(C)C)C1. The fraction of sp³-hybridized carbons (Fsp3) is 0.667. The van der Waals surface area contributed by atoms with Crippen molar-refractivity contribution >= 4 is 33.0 Å². The van der Waals surface area contributed by atoms with Gasteiger partial charge in [-0.3, -0.25) is 9.69 Å². The van der Waals surface area contributed by atoms with Crippen LogP contribution >= 0.6 is 27.3 Å². The summed E-state index contributed by atoms with van der Waals surface area (Å²) in [6.45, 7) is 2.27. The van der Waals surface area contributed by atoms with Crippen molar-refractivity contribution in [2.45, 2.75) is 44.6 Å². The van der Waals surface area contributed by atoms with Gasteiger partial charge in [-0.25, -0.2) is 0 Å². The Morgan fingerprint density at radius 3 is 2.84 bits per heavy atom. The third kappa shape index (κ3) is 3.29. The molecule has 1 aromatic rings. The minimum absolute atomic E-state index is 0.242. The fourth-order valence-corrected chi connectivity index (χ4v) is 4.65. The summed E-state index contributed by atoms with van der Waals surface area (Å²) in [5.74, 6) is 1.04. The van der Waals surface area contributed by atoms with Crippen LogP contribution in [0.5, 0.6) is 0 Å². The van der Waals surface area contributed by atoms with E-state index in [4.69, 9.17) is 0 Å². The first-order valence-electron chi connectivity index (χ1n) is 6.88. The highest BCUT2D eigenvalue weighted by molar-refractivity contribution is 9.10. The van der Waals surface area contributed by atoms with Gasteiger partial charge < -0.3 is 0 Å². The van der Waals surface area contributed by atoms with Gasteiger partial charge in [-0.05, 0) is 54.9 Å². The third-order valence-electron chi connectivity index (χ3n) is 4.31. The molecule has 1 fully saturated rings. The summed E-state index contributed by atoms with van der Waals surface area (Å²) < 4.78 is 1.08. The predicted octanol–water partition coefficient (Wildman–Crippen LogP) is 4.13. The molecule has 0 saturated heterocycles. The van der Waals surface area contributed by atoms with Crippen LogP contribution < -0.4 is 0 Å². The highest BCUT2D eigenvalue weighted by atomic mass is 79.9. The average Bonchev–Trinajstić information content (AvgIpc) is 2.74. The Bertz CT molecular complexity index is 457. The molecule has 2 rings (SSSR count). The summed E-state index contributed by atoms with van der Waals surface area (Å²) in [5, 5.41) is 2.05. The second-order valence-electron chi connectivity index (χ2n) is 5.96. The van der Waals surface area contributed by atoms with Gasteiger partial charge in [0.2, 0.25) is 0 Å². The molecule has 2 unspecified atom stereocenters. The van der Waals surface area contributed by atoms with E-state index < -0.39 is 0 Å². The van der Waals surface area contributed by atoms with E-state index in [0.717, 1.165) is 22.2 Å². The molecule has 0 bridgehead atoms. The number of ketones is 1. The Labute approximate surface area is 128 Å². The number of thiophene rings is 1. The normalized spacial score (nSPS) is 27.7. The topological polar surface area (TPSA) is 20.3 Å². The van der Waals surface area contributed by atoms with Crippen LogP contribution in [-0.2, 0) is 11.2 Å². The smallest absolute Gasteiger partial charge is 0.158 e. The molecule has 0 N–H and O–H groups in total. The lowest BCUT2D eigenvalue weighted by atomic mass is 9.72. The van der Waals surface area contributed by atoms with Gasteiger partial charge in [0.1, 0.15) is 0 Å². The van der Waals surface area contributed by atoms with Gasteiger partial charge in [-0.2, -0.15) is 0 Å². The molecule has 2 nitrogen and oxygen atoms in total. The summed E-state index contributed by atoms with van der Waals surface area (Å²) in [4.78, 5) is 16.2. The van der Waals surface area contributed by atoms with Gasteiger partial charge in [0.05, 0.1) is 5.54 Å². The molecule has 0 amide bonds. The van der Waals surface area contributed by atoms with Crippen LogP contribution in [0.3, 0.4) is 0 Å². The first-order valence-corrected chi connectivity index (χ1v) is 8.55. The zero-order valence-corrected chi connectivity index (χ0v) is 14.3. The number of rotatable bonds is 4. The molecule has 1 saturated carbocycles. The monoisotopic (exact) mass is 343 g/mol. The number of carbonyl (C=O) groups is 1. The van der Waals surface area contributed by atoms with Crippen molar-refractivity contribution in [3.05, 3.63) is 20.8 Å². The molecule has 106 valence electrons. The largest absolute Gasteiger partial charge is 0.297 e. The first-order chi connectivity index (χ1) is 8.94. The van der Waals surface area contributed by atoms with Crippen LogP contribution in [0.4, 0.5) is 0 Å². The highest BCUT2D eigenvalue weighted by Gasteiger charge is 2.42. The number of halogens is 1. The second-order valence-corrected chi connectivity index (χ2v) is 7.87. The molecule has 0 radical (unpaired) electrons. The standard InChI is InChI=1S/C15H22BrNOS/c1-11-5-4-6-15(9-11,17(2)3)14(18)8-13-7-12(16)10-19-13/h7,10-11H,4-6,8-9H2,1-3H3. The summed E-state index contributed by atoms with van der Waals surface area (Å²) in [6.07, 6.45) is 5.01. The maximum atomic E-state index is 12.8. The molecular weight excluding hydrogens is 322 g/mol. The number of likely N-dealkylation sites (N-methyl/N-ethyl adjacent to an activating group) is 1. The van der Waals surface area contributed by atoms with E-state index in [1.165, 1.54) is 12.8 Å². The number of carbonyl (C=O) groups excluding carboxylic acids is 1. The van der Waals surface area contributed by atoms with Crippen LogP contribution in [0.2, 0.25) is 0 Å². The Morgan fingerprint density at radius 2 is 2.32 bits per heavy atom. The van der Waals surface area contributed by atoms with Crippen molar-refractivity contribution in [3.8, 4) is 0 Å². The summed E-state index contributed by atoms with van der Waals surface area (Å²) >= 11 is 5.13. The van der Waals surface area contributed by atoms with Crippen LogP contribution in [0.15, 0.2) is 15.9 Å². The molecule has 1 aliphatic rings. The molecule has 0 spiro atoms. The van der Waals surface area contributed by atoms with Gasteiger partial charge in [0.25, 0.3) is 0 Å². The van der Waals surface area contributed by atoms with Crippen molar-refractivity contribution in [1.82, 2.24) is 4.90 Å². The molecule has 0 aliphatic heterocycles. The Balaban J connectivity index is 2.16. The predicted molar refractivity (Wildman–Crippen MR) is 84.8 cm³/mol. The third-order valence-corrected chi connectivity index (χ3v) is 6.00. The molecule has 4 heteroatoms. The van der Waals surface area contributed by atoms with Crippen molar-refractivity contribution in [2.75, 3.05) is 14.1 Å². The van der Waals surface area contributed by atoms with Crippen molar-refractivity contribution in [1.29, 1.82) is 0 Å². The van der Waals surface area contributed by atoms with Gasteiger partial charge in [-0.1, -0.05) is 19.8 Å². The molecular formula is C15H22BrNOS. The van der Waals surface area contributed by atoms with E-state index in [2.05, 4.69) is 53.3 Å². The highest BCUT2D eigenvalue weighted by Crippen LogP contribution is 2.37. The van der Waals surface area contributed by atoms with Crippen molar-refractivity contribution < 1.29 is 4.79 Å². The maximum Gasteiger partial charge on any atom is 0.158 e. The minimum Gasteiger partial charge on any atom is -0.297 e. The van der Waals surface area contributed by atoms with Gasteiger partial charge >= 0.3 is 0 Å². The van der Waals surface area contributed by atoms with Crippen LogP contribution in [0, 0.1) is 5.92 Å². The zero-order valence-electron chi connectivity index (χ0n) is 11.9. The molecule has 19 heavy (non-hydrogen) atoms. The Hall–Kier alpha value is -0.190. The number of hydrogen-bond donors (Lipinski definition) is 0. The maximum absolute atomic E-state index is 12.8. The first kappa shape index (κ1) is 15.2. The van der Waals surface area contributed by atoms with Gasteiger partial charge in [0.15, 0.2) is 5.78 Å². The summed E-state index contributed by atoms with van der Waals surface area (Å²) in [7, 11) is 4.11. The number of hydrogen-bond acceptors (Lipinski definition) is 3. The molecule has 1 aromatic heterocycles. The van der Waals surface area contributed by atoms with E-state index in [-0.39, 0.29) is 5.54 Å². The number of nitrogens with zero attached hydrogens (tertiary/aromatic N) is 1. The van der Waals surface area contributed by atoms with Gasteiger partial charge in [0, 0.05) is 21.2 Å². The summed E-state index contributed by atoms with van der Waals surface area (Å²) in [6, 6.07) is 2.07. The Kier molecular flexibility index (Phi) is 4.85. The second kappa shape index (κ2) is 6.06. The Morgan fingerprint density at radius 1 is 1.58 bits per heavy atom. The van der Waals surface area contributed by atoms with E-state index in [9.17, 15) is 4.79 Å². The van der Waals surface area contributed by atoms with Crippen LogP contribution in [0.25, 0.3) is 0 Å². The lowest BCUT2D eigenvalue weighted by Crippen LogP contribution is -2.54. The van der Waals surface area contributed by atoms with Crippen molar-refractivity contribution in [3.63, 3.8) is 0 Å². The quantitative estimate of drug-likeness (QED) is 0.818. The average molecular weight is 344 g/mol. The lowest BCUT2D eigenvalue weighted by Gasteiger charge is -2.43. The zero-order chi connectivity index (χ0) is 14.0. The van der Waals surface area contributed by atoms with E-state index >= 15 is 0 Å². The molecule has 1 aliphatic carbocycles. The molecule has 2 atom stereocenters. The van der Waals surface area contributed by atoms with Crippen LogP contribution in [0.1, 0.15) is 37.5 Å². The molecule has 1 heterocycles. The van der Waals surface area contributed by atoms with E-state index in [0.29, 0.717) is 18.1 Å². The van der Waals surface area contributed by atoms with E-state index in [1.807, 2.05) is 0 Å². The fourth-order valence-electron chi connectivity index (χ4n) is 3.20. The van der Waals surface area contributed by atoms with Crippen LogP contribution in [-0.4, -0.2) is 30.3 Å². The minimum atomic E-state index is -0.242. The van der Waals surface area contributed by atoms with Crippen molar-refractivity contribution in [2.24, 2.45) is 5.92 Å².